The van der Waals surface area contributed by atoms with Crippen LogP contribution in [-0.4, -0.2) is 7.05 Å². The Hall–Kier alpha value is -1.04. The van der Waals surface area contributed by atoms with Crippen LogP contribution in [0.25, 0.3) is 0 Å². The number of likely N-dealkylation sites (N-methyl/N-ethyl adjacent to an activating group) is 1. The number of rotatable bonds is 4. The maximum absolute atomic E-state index is 13.3. The molecule has 0 aliphatic heterocycles. The van der Waals surface area contributed by atoms with E-state index in [0.717, 1.165) is 22.2 Å². The first-order valence-corrected chi connectivity index (χ1v) is 7.35. The lowest BCUT2D eigenvalue weighted by molar-refractivity contribution is 0.441. The van der Waals surface area contributed by atoms with Crippen molar-refractivity contribution in [1.29, 1.82) is 0 Å². The van der Waals surface area contributed by atoms with E-state index < -0.39 is 17.5 Å². The summed E-state index contributed by atoms with van der Waals surface area (Å²) in [6.07, 6.45) is 0.424. The van der Waals surface area contributed by atoms with Crippen molar-refractivity contribution in [2.45, 2.75) is 12.5 Å². The second kappa shape index (κ2) is 6.81. The molecule has 2 aromatic carbocycles. The Kier molecular flexibility index (Phi) is 5.30. The van der Waals surface area contributed by atoms with E-state index in [1.54, 1.807) is 13.1 Å². The summed E-state index contributed by atoms with van der Waals surface area (Å²) >= 11 is 9.45. The lowest BCUT2D eigenvalue weighted by Crippen LogP contribution is -2.19. The van der Waals surface area contributed by atoms with E-state index in [0.29, 0.717) is 17.0 Å². The highest BCUT2D eigenvalue weighted by Gasteiger charge is 2.17. The summed E-state index contributed by atoms with van der Waals surface area (Å²) in [6, 6.07) is 7.01. The first-order valence-electron chi connectivity index (χ1n) is 6.18. The van der Waals surface area contributed by atoms with E-state index in [1.165, 1.54) is 0 Å². The van der Waals surface area contributed by atoms with Gasteiger partial charge in [0.25, 0.3) is 0 Å². The molecule has 0 saturated carbocycles. The van der Waals surface area contributed by atoms with Crippen LogP contribution in [0.3, 0.4) is 0 Å². The summed E-state index contributed by atoms with van der Waals surface area (Å²) in [6.45, 7) is 0. The number of hydrogen-bond donors (Lipinski definition) is 1. The number of benzene rings is 2. The maximum atomic E-state index is 13.3. The molecule has 0 amide bonds. The summed E-state index contributed by atoms with van der Waals surface area (Å²) in [5.74, 6) is -3.87. The number of halogens is 5. The van der Waals surface area contributed by atoms with Crippen molar-refractivity contribution in [2.75, 3.05) is 7.05 Å². The zero-order valence-electron chi connectivity index (χ0n) is 11.1. The summed E-state index contributed by atoms with van der Waals surface area (Å²) in [7, 11) is 1.66. The lowest BCUT2D eigenvalue weighted by atomic mass is 9.98. The molecule has 0 aliphatic carbocycles. The third kappa shape index (κ3) is 3.78. The second-order valence-electron chi connectivity index (χ2n) is 4.58. The predicted octanol–water partition coefficient (Wildman–Crippen LogP) is 5.02. The van der Waals surface area contributed by atoms with Crippen molar-refractivity contribution in [3.63, 3.8) is 0 Å². The van der Waals surface area contributed by atoms with Gasteiger partial charge >= 0.3 is 0 Å². The average molecular weight is 379 g/mol. The van der Waals surface area contributed by atoms with Crippen LogP contribution in [0.1, 0.15) is 17.2 Å². The smallest absolute Gasteiger partial charge is 0.194 e. The molecule has 0 heterocycles. The molecule has 0 aromatic heterocycles. The van der Waals surface area contributed by atoms with Crippen LogP contribution < -0.4 is 5.32 Å². The van der Waals surface area contributed by atoms with Crippen molar-refractivity contribution in [1.82, 2.24) is 5.32 Å². The van der Waals surface area contributed by atoms with Crippen LogP contribution in [0.2, 0.25) is 5.02 Å². The Morgan fingerprint density at radius 2 is 1.76 bits per heavy atom. The van der Waals surface area contributed by atoms with Crippen LogP contribution in [0.15, 0.2) is 34.8 Å². The van der Waals surface area contributed by atoms with E-state index in [-0.39, 0.29) is 6.04 Å². The van der Waals surface area contributed by atoms with Gasteiger partial charge in [-0.15, -0.1) is 0 Å². The summed E-state index contributed by atoms with van der Waals surface area (Å²) in [5, 5.41) is 3.51. The molecule has 0 saturated heterocycles. The zero-order chi connectivity index (χ0) is 15.6. The first-order chi connectivity index (χ1) is 9.92. The van der Waals surface area contributed by atoms with E-state index in [4.69, 9.17) is 11.6 Å². The quantitative estimate of drug-likeness (QED) is 0.736. The van der Waals surface area contributed by atoms with E-state index in [9.17, 15) is 13.2 Å². The van der Waals surface area contributed by atoms with Gasteiger partial charge in [-0.1, -0.05) is 33.6 Å². The third-order valence-corrected chi connectivity index (χ3v) is 4.04. The van der Waals surface area contributed by atoms with Gasteiger partial charge in [0.15, 0.2) is 17.5 Å². The summed E-state index contributed by atoms with van der Waals surface area (Å²) in [5.41, 5.74) is 1.15. The fraction of sp³-hybridized carbons (Fsp3) is 0.200. The Morgan fingerprint density at radius 3 is 2.29 bits per heavy atom. The highest BCUT2D eigenvalue weighted by molar-refractivity contribution is 9.10. The fourth-order valence-corrected chi connectivity index (χ4v) is 2.82. The fourth-order valence-electron chi connectivity index (χ4n) is 2.07. The van der Waals surface area contributed by atoms with Crippen LogP contribution in [0.4, 0.5) is 13.2 Å². The van der Waals surface area contributed by atoms with Crippen molar-refractivity contribution in [2.24, 2.45) is 0 Å². The van der Waals surface area contributed by atoms with E-state index in [1.807, 2.05) is 12.1 Å². The average Bonchev–Trinajstić information content (AvgIpc) is 2.43. The minimum atomic E-state index is -1.46. The highest BCUT2D eigenvalue weighted by Crippen LogP contribution is 2.27. The topological polar surface area (TPSA) is 12.0 Å². The Balaban J connectivity index is 2.32. The first kappa shape index (κ1) is 16.3. The van der Waals surface area contributed by atoms with Gasteiger partial charge < -0.3 is 5.32 Å². The van der Waals surface area contributed by atoms with Crippen LogP contribution >= 0.6 is 27.5 Å². The molecule has 0 bridgehead atoms. The molecule has 1 unspecified atom stereocenters. The number of hydrogen-bond acceptors (Lipinski definition) is 1. The molecule has 6 heteroatoms. The van der Waals surface area contributed by atoms with Crippen molar-refractivity contribution in [3.05, 3.63) is 68.4 Å². The van der Waals surface area contributed by atoms with Gasteiger partial charge in [-0.2, -0.15) is 0 Å². The van der Waals surface area contributed by atoms with E-state index >= 15 is 0 Å². The molecule has 0 radical (unpaired) electrons. The molecular weight excluding hydrogens is 367 g/mol. The predicted molar refractivity (Wildman–Crippen MR) is 81.0 cm³/mol. The molecule has 1 N–H and O–H groups in total. The molecule has 2 aromatic rings. The van der Waals surface area contributed by atoms with Gasteiger partial charge in [-0.25, -0.2) is 13.2 Å². The van der Waals surface area contributed by atoms with Crippen molar-refractivity contribution >= 4 is 27.5 Å². The molecular formula is C15H12BrClF3N. The maximum Gasteiger partial charge on any atom is 0.194 e. The summed E-state index contributed by atoms with van der Waals surface area (Å²) < 4.78 is 40.5. The van der Waals surface area contributed by atoms with Gasteiger partial charge in [0, 0.05) is 15.5 Å². The molecule has 0 aliphatic rings. The van der Waals surface area contributed by atoms with Gasteiger partial charge in [0.05, 0.1) is 0 Å². The SMILES string of the molecule is CNC(Cc1ccc(Br)cc1Cl)c1cc(F)c(F)c(F)c1. The Morgan fingerprint density at radius 1 is 1.14 bits per heavy atom. The number of nitrogens with one attached hydrogen (secondary N) is 1. The van der Waals surface area contributed by atoms with Gasteiger partial charge in [-0.05, 0) is 48.9 Å². The molecule has 0 fully saturated rings. The minimum Gasteiger partial charge on any atom is -0.313 e. The Labute approximate surface area is 134 Å². The van der Waals surface area contributed by atoms with Gasteiger partial charge in [-0.3, -0.25) is 0 Å². The largest absolute Gasteiger partial charge is 0.313 e. The van der Waals surface area contributed by atoms with Crippen LogP contribution in [-0.2, 0) is 6.42 Å². The van der Waals surface area contributed by atoms with Gasteiger partial charge in [0.1, 0.15) is 0 Å². The lowest BCUT2D eigenvalue weighted by Gasteiger charge is -2.18. The third-order valence-electron chi connectivity index (χ3n) is 3.20. The van der Waals surface area contributed by atoms with Crippen molar-refractivity contribution in [3.8, 4) is 0 Å². The normalized spacial score (nSPS) is 12.5. The zero-order valence-corrected chi connectivity index (χ0v) is 13.4. The van der Waals surface area contributed by atoms with Crippen molar-refractivity contribution < 1.29 is 13.2 Å². The molecule has 1 atom stereocenters. The monoisotopic (exact) mass is 377 g/mol. The molecule has 2 rings (SSSR count). The molecule has 21 heavy (non-hydrogen) atoms. The molecule has 1 nitrogen and oxygen atoms in total. The van der Waals surface area contributed by atoms with E-state index in [2.05, 4.69) is 21.2 Å². The van der Waals surface area contributed by atoms with Crippen LogP contribution in [0, 0.1) is 17.5 Å². The standard InChI is InChI=1S/C15H12BrClF3N/c1-21-14(6-8-2-3-10(16)7-11(8)17)9-4-12(18)15(20)13(19)5-9/h2-5,7,14,21H,6H2,1H3. The summed E-state index contributed by atoms with van der Waals surface area (Å²) in [4.78, 5) is 0. The molecule has 0 spiro atoms. The Bertz CT molecular complexity index is 640. The minimum absolute atomic E-state index is 0.327. The van der Waals surface area contributed by atoms with Crippen LogP contribution in [0.5, 0.6) is 0 Å². The molecule has 112 valence electrons. The van der Waals surface area contributed by atoms with Gasteiger partial charge in [0.2, 0.25) is 0 Å². The highest BCUT2D eigenvalue weighted by atomic mass is 79.9. The second-order valence-corrected chi connectivity index (χ2v) is 5.90.